The number of rotatable bonds is 4. The number of carbonyl (C=O) groups is 1. The molecule has 0 amide bonds. The Morgan fingerprint density at radius 3 is 2.67 bits per heavy atom. The van der Waals surface area contributed by atoms with Crippen LogP contribution in [0.3, 0.4) is 0 Å². The molecule has 1 aliphatic rings. The van der Waals surface area contributed by atoms with Gasteiger partial charge in [-0.15, -0.1) is 0 Å². The van der Waals surface area contributed by atoms with E-state index in [-0.39, 0.29) is 17.8 Å². The fraction of sp³-hybridized carbons (Fsp3) is 0.381. The largest absolute Gasteiger partial charge is 0.496 e. The van der Waals surface area contributed by atoms with Crippen LogP contribution in [0.1, 0.15) is 41.0 Å². The number of methoxy groups -OCH3 is 2. The Morgan fingerprint density at radius 2 is 1.92 bits per heavy atom. The van der Waals surface area contributed by atoms with Gasteiger partial charge in [0.1, 0.15) is 5.75 Å². The molecule has 0 aliphatic heterocycles. The molecule has 0 heterocycles. The summed E-state index contributed by atoms with van der Waals surface area (Å²) in [5.74, 6) is 1.13. The monoisotopic (exact) mass is 324 g/mol. The molecule has 0 aromatic heterocycles. The third-order valence-electron chi connectivity index (χ3n) is 5.02. The molecule has 0 radical (unpaired) electrons. The average Bonchev–Trinajstić information content (AvgIpc) is 2.61. The first-order chi connectivity index (χ1) is 11.6. The number of carbonyl (C=O) groups excluding carboxylic acids is 1. The molecule has 24 heavy (non-hydrogen) atoms. The van der Waals surface area contributed by atoms with Crippen molar-refractivity contribution in [3.05, 3.63) is 64.7 Å². The Kier molecular flexibility index (Phi) is 4.89. The lowest BCUT2D eigenvalue weighted by Gasteiger charge is -2.34. The minimum absolute atomic E-state index is 0.143. The summed E-state index contributed by atoms with van der Waals surface area (Å²) in [6, 6.07) is 14.8. The summed E-state index contributed by atoms with van der Waals surface area (Å²) in [7, 11) is 3.17. The number of aryl methyl sites for hydroxylation is 2. The van der Waals surface area contributed by atoms with E-state index in [1.54, 1.807) is 7.11 Å². The van der Waals surface area contributed by atoms with Crippen molar-refractivity contribution in [3.8, 4) is 5.75 Å². The fourth-order valence-electron chi connectivity index (χ4n) is 3.86. The van der Waals surface area contributed by atoms with E-state index in [1.807, 2.05) is 6.07 Å². The lowest BCUT2D eigenvalue weighted by Crippen LogP contribution is -2.25. The number of esters is 1. The zero-order valence-corrected chi connectivity index (χ0v) is 14.5. The van der Waals surface area contributed by atoms with Gasteiger partial charge in [0.05, 0.1) is 14.2 Å². The minimum Gasteiger partial charge on any atom is -0.496 e. The van der Waals surface area contributed by atoms with Crippen molar-refractivity contribution >= 4 is 5.97 Å². The molecule has 0 saturated heterocycles. The first-order valence-corrected chi connectivity index (χ1v) is 8.43. The predicted molar refractivity (Wildman–Crippen MR) is 94.5 cm³/mol. The molecule has 0 spiro atoms. The molecule has 1 aliphatic carbocycles. The smallest absolute Gasteiger partial charge is 0.305 e. The molecule has 3 nitrogen and oxygen atoms in total. The maximum Gasteiger partial charge on any atom is 0.305 e. The lowest BCUT2D eigenvalue weighted by molar-refractivity contribution is -0.141. The molecule has 3 rings (SSSR count). The van der Waals surface area contributed by atoms with Crippen LogP contribution in [0.2, 0.25) is 0 Å². The van der Waals surface area contributed by atoms with Crippen molar-refractivity contribution in [1.82, 2.24) is 0 Å². The minimum atomic E-state index is -0.143. The molecule has 2 atom stereocenters. The number of hydrogen-bond acceptors (Lipinski definition) is 3. The van der Waals surface area contributed by atoms with E-state index in [9.17, 15) is 4.79 Å². The van der Waals surface area contributed by atoms with Gasteiger partial charge < -0.3 is 9.47 Å². The quantitative estimate of drug-likeness (QED) is 0.788. The molecule has 0 saturated carbocycles. The molecule has 0 bridgehead atoms. The highest BCUT2D eigenvalue weighted by molar-refractivity contribution is 5.70. The zero-order valence-electron chi connectivity index (χ0n) is 14.5. The molecule has 0 N–H and O–H groups in total. The van der Waals surface area contributed by atoms with Crippen molar-refractivity contribution in [3.63, 3.8) is 0 Å². The van der Waals surface area contributed by atoms with Gasteiger partial charge in [-0.1, -0.05) is 42.0 Å². The molecule has 0 unspecified atom stereocenters. The molecule has 2 aromatic rings. The Labute approximate surface area is 143 Å². The topological polar surface area (TPSA) is 35.5 Å². The average molecular weight is 324 g/mol. The van der Waals surface area contributed by atoms with Gasteiger partial charge in [0.25, 0.3) is 0 Å². The van der Waals surface area contributed by atoms with E-state index in [0.29, 0.717) is 6.42 Å². The molecule has 3 heteroatoms. The summed E-state index contributed by atoms with van der Waals surface area (Å²) in [5, 5.41) is 0. The Hall–Kier alpha value is -2.29. The van der Waals surface area contributed by atoms with Crippen LogP contribution in [-0.2, 0) is 16.0 Å². The zero-order chi connectivity index (χ0) is 17.1. The molecular formula is C21H24O3. The van der Waals surface area contributed by atoms with Crippen LogP contribution < -0.4 is 4.74 Å². The summed E-state index contributed by atoms with van der Waals surface area (Å²) in [4.78, 5) is 11.9. The van der Waals surface area contributed by atoms with Crippen LogP contribution >= 0.6 is 0 Å². The normalized spacial score (nSPS) is 19.5. The van der Waals surface area contributed by atoms with Crippen molar-refractivity contribution in [1.29, 1.82) is 0 Å². The van der Waals surface area contributed by atoms with Gasteiger partial charge in [-0.05, 0) is 42.9 Å². The summed E-state index contributed by atoms with van der Waals surface area (Å²) < 4.78 is 10.6. The highest BCUT2D eigenvalue weighted by Crippen LogP contribution is 2.45. The summed E-state index contributed by atoms with van der Waals surface area (Å²) in [5.41, 5.74) is 5.04. The van der Waals surface area contributed by atoms with Crippen LogP contribution in [0, 0.1) is 12.8 Å². The van der Waals surface area contributed by atoms with Gasteiger partial charge in [0.15, 0.2) is 0 Å². The fourth-order valence-corrected chi connectivity index (χ4v) is 3.86. The van der Waals surface area contributed by atoms with Gasteiger partial charge >= 0.3 is 5.97 Å². The van der Waals surface area contributed by atoms with Crippen molar-refractivity contribution < 1.29 is 14.3 Å². The second kappa shape index (κ2) is 7.08. The van der Waals surface area contributed by atoms with Crippen LogP contribution in [-0.4, -0.2) is 20.2 Å². The summed E-state index contributed by atoms with van der Waals surface area (Å²) >= 11 is 0. The van der Waals surface area contributed by atoms with Crippen molar-refractivity contribution in [2.24, 2.45) is 5.92 Å². The van der Waals surface area contributed by atoms with E-state index in [0.717, 1.165) is 18.6 Å². The molecule has 126 valence electrons. The van der Waals surface area contributed by atoms with E-state index in [2.05, 4.69) is 43.3 Å². The van der Waals surface area contributed by atoms with Crippen LogP contribution in [0.25, 0.3) is 0 Å². The SMILES string of the molecule is COC(=O)C[C@H]1CCc2ccccc2[C@H]1c1cc(C)ccc1OC. The lowest BCUT2D eigenvalue weighted by atomic mass is 9.70. The third-order valence-corrected chi connectivity index (χ3v) is 5.02. The number of ether oxygens (including phenoxy) is 2. The van der Waals surface area contributed by atoms with Crippen LogP contribution in [0.5, 0.6) is 5.75 Å². The van der Waals surface area contributed by atoms with E-state index < -0.39 is 0 Å². The van der Waals surface area contributed by atoms with E-state index >= 15 is 0 Å². The highest BCUT2D eigenvalue weighted by atomic mass is 16.5. The number of fused-ring (bicyclic) bond motifs is 1. The Morgan fingerprint density at radius 1 is 1.12 bits per heavy atom. The predicted octanol–water partition coefficient (Wildman–Crippen LogP) is 4.26. The first kappa shape index (κ1) is 16.6. The number of hydrogen-bond donors (Lipinski definition) is 0. The maximum atomic E-state index is 11.9. The van der Waals surface area contributed by atoms with Gasteiger partial charge in [-0.3, -0.25) is 4.79 Å². The third kappa shape index (κ3) is 3.16. The van der Waals surface area contributed by atoms with Crippen molar-refractivity contribution in [2.45, 2.75) is 32.1 Å². The van der Waals surface area contributed by atoms with Gasteiger partial charge in [-0.25, -0.2) is 0 Å². The maximum absolute atomic E-state index is 11.9. The number of benzene rings is 2. The highest BCUT2D eigenvalue weighted by Gasteiger charge is 2.34. The second-order valence-electron chi connectivity index (χ2n) is 6.50. The summed E-state index contributed by atoms with van der Waals surface area (Å²) in [6.45, 7) is 2.09. The molecular weight excluding hydrogens is 300 g/mol. The second-order valence-corrected chi connectivity index (χ2v) is 6.50. The molecule has 2 aromatic carbocycles. The van der Waals surface area contributed by atoms with Gasteiger partial charge in [-0.2, -0.15) is 0 Å². The Bertz CT molecular complexity index is 736. The van der Waals surface area contributed by atoms with Gasteiger partial charge in [0, 0.05) is 17.9 Å². The molecule has 0 fully saturated rings. The van der Waals surface area contributed by atoms with E-state index in [1.165, 1.54) is 29.4 Å². The van der Waals surface area contributed by atoms with Crippen LogP contribution in [0.15, 0.2) is 42.5 Å². The van der Waals surface area contributed by atoms with E-state index in [4.69, 9.17) is 9.47 Å². The summed E-state index contributed by atoms with van der Waals surface area (Å²) in [6.07, 6.45) is 2.42. The van der Waals surface area contributed by atoms with Crippen molar-refractivity contribution in [2.75, 3.05) is 14.2 Å². The Balaban J connectivity index is 2.11. The van der Waals surface area contributed by atoms with Gasteiger partial charge in [0.2, 0.25) is 0 Å². The standard InChI is InChI=1S/C21H24O3/c1-14-8-11-19(23-2)18(12-14)21-16(13-20(22)24-3)10-9-15-6-4-5-7-17(15)21/h4-8,11-12,16,21H,9-10,13H2,1-3H3/t16-,21+/m1/s1. The first-order valence-electron chi connectivity index (χ1n) is 8.43. The van der Waals surface area contributed by atoms with Crippen LogP contribution in [0.4, 0.5) is 0 Å².